The smallest absolute Gasteiger partial charge is 0.126 e. The predicted molar refractivity (Wildman–Crippen MR) is 122 cm³/mol. The quantitative estimate of drug-likeness (QED) is 0.327. The molecule has 1 N–H and O–H groups in total. The number of fused-ring (bicyclic) bond motifs is 1. The van der Waals surface area contributed by atoms with Crippen molar-refractivity contribution in [2.45, 2.75) is 19.6 Å². The van der Waals surface area contributed by atoms with Gasteiger partial charge in [-0.1, -0.05) is 72.3 Å². The van der Waals surface area contributed by atoms with Crippen molar-refractivity contribution in [2.24, 2.45) is 0 Å². The van der Waals surface area contributed by atoms with Gasteiger partial charge in [-0.3, -0.25) is 0 Å². The van der Waals surface area contributed by atoms with Crippen LogP contribution in [-0.4, -0.2) is 6.54 Å². The summed E-state index contributed by atoms with van der Waals surface area (Å²) in [5, 5.41) is 6.47. The Kier molecular flexibility index (Phi) is 6.63. The zero-order chi connectivity index (χ0) is 20.8. The summed E-state index contributed by atoms with van der Waals surface area (Å²) < 4.78 is 20.0. The lowest BCUT2D eigenvalue weighted by molar-refractivity contribution is 0.303. The second kappa shape index (κ2) is 9.75. The summed E-state index contributed by atoms with van der Waals surface area (Å²) in [7, 11) is 0. The molecule has 0 saturated carbocycles. The lowest BCUT2D eigenvalue weighted by Gasteiger charge is -2.15. The molecule has 0 aliphatic carbocycles. The summed E-state index contributed by atoms with van der Waals surface area (Å²) in [6.07, 6.45) is 0.635. The molecular formula is C26H23ClFNO. The van der Waals surface area contributed by atoms with Crippen LogP contribution >= 0.6 is 11.6 Å². The van der Waals surface area contributed by atoms with Gasteiger partial charge in [-0.15, -0.1) is 0 Å². The third-order valence-electron chi connectivity index (χ3n) is 5.11. The maximum Gasteiger partial charge on any atom is 0.126 e. The fraction of sp³-hybridized carbons (Fsp3) is 0.154. The Balaban J connectivity index is 1.49. The topological polar surface area (TPSA) is 21.3 Å². The monoisotopic (exact) mass is 419 g/mol. The van der Waals surface area contributed by atoms with Crippen LogP contribution in [0.5, 0.6) is 5.75 Å². The van der Waals surface area contributed by atoms with Gasteiger partial charge in [0, 0.05) is 17.1 Å². The minimum absolute atomic E-state index is 0.157. The third kappa shape index (κ3) is 4.99. The van der Waals surface area contributed by atoms with Gasteiger partial charge in [-0.05, 0) is 59.1 Å². The van der Waals surface area contributed by atoms with Crippen molar-refractivity contribution >= 4 is 22.4 Å². The molecule has 0 saturated heterocycles. The minimum atomic E-state index is -0.157. The number of rotatable bonds is 8. The molecule has 0 atom stereocenters. The van der Waals surface area contributed by atoms with Gasteiger partial charge in [0.1, 0.15) is 18.2 Å². The summed E-state index contributed by atoms with van der Waals surface area (Å²) in [5.74, 6) is 0.682. The van der Waals surface area contributed by atoms with Crippen molar-refractivity contribution in [2.75, 3.05) is 6.54 Å². The molecule has 4 rings (SSSR count). The van der Waals surface area contributed by atoms with Crippen molar-refractivity contribution in [1.82, 2.24) is 5.32 Å². The summed E-state index contributed by atoms with van der Waals surface area (Å²) >= 11 is 6.09. The molecule has 4 aromatic carbocycles. The van der Waals surface area contributed by atoms with Crippen molar-refractivity contribution in [3.8, 4) is 5.75 Å². The molecule has 4 heteroatoms. The molecule has 0 unspecified atom stereocenters. The maximum atomic E-state index is 13.8. The third-order valence-corrected chi connectivity index (χ3v) is 5.35. The zero-order valence-corrected chi connectivity index (χ0v) is 17.3. The Labute approximate surface area is 181 Å². The van der Waals surface area contributed by atoms with Crippen molar-refractivity contribution in [1.29, 1.82) is 0 Å². The molecule has 0 aliphatic heterocycles. The molecule has 2 nitrogen and oxygen atoms in total. The van der Waals surface area contributed by atoms with Gasteiger partial charge in [0.2, 0.25) is 0 Å². The number of halogens is 2. The minimum Gasteiger partial charge on any atom is -0.489 e. The van der Waals surface area contributed by atoms with E-state index in [1.165, 1.54) is 11.5 Å². The van der Waals surface area contributed by atoms with E-state index in [-0.39, 0.29) is 5.82 Å². The molecule has 0 fully saturated rings. The van der Waals surface area contributed by atoms with E-state index in [0.29, 0.717) is 31.1 Å². The van der Waals surface area contributed by atoms with E-state index in [0.717, 1.165) is 27.8 Å². The van der Waals surface area contributed by atoms with E-state index < -0.39 is 0 Å². The Bertz CT molecular complexity index is 1140. The van der Waals surface area contributed by atoms with Gasteiger partial charge in [-0.25, -0.2) is 4.39 Å². The van der Waals surface area contributed by atoms with Crippen LogP contribution in [0.4, 0.5) is 4.39 Å². The summed E-state index contributed by atoms with van der Waals surface area (Å²) in [5.41, 5.74) is 2.85. The first-order valence-electron chi connectivity index (χ1n) is 10.0. The first kappa shape index (κ1) is 20.4. The first-order chi connectivity index (χ1) is 14.7. The highest BCUT2D eigenvalue weighted by atomic mass is 35.5. The Morgan fingerprint density at radius 3 is 2.57 bits per heavy atom. The number of ether oxygens (including phenoxy) is 1. The number of hydrogen-bond acceptors (Lipinski definition) is 2. The molecule has 0 heterocycles. The normalized spacial score (nSPS) is 11.0. The molecule has 0 aromatic heterocycles. The molecule has 152 valence electrons. The van der Waals surface area contributed by atoms with Gasteiger partial charge < -0.3 is 10.1 Å². The summed E-state index contributed by atoms with van der Waals surface area (Å²) in [6.45, 7) is 1.76. The fourth-order valence-corrected chi connectivity index (χ4v) is 3.77. The first-order valence-corrected chi connectivity index (χ1v) is 10.4. The van der Waals surface area contributed by atoms with Crippen LogP contribution in [0.1, 0.15) is 16.7 Å². The highest BCUT2D eigenvalue weighted by Gasteiger charge is 2.10. The molecular weight excluding hydrogens is 397 g/mol. The highest BCUT2D eigenvalue weighted by Crippen LogP contribution is 2.29. The van der Waals surface area contributed by atoms with Crippen LogP contribution in [0.2, 0.25) is 5.02 Å². The van der Waals surface area contributed by atoms with Gasteiger partial charge in [-0.2, -0.15) is 0 Å². The lowest BCUT2D eigenvalue weighted by atomic mass is 10.0. The van der Waals surface area contributed by atoms with Crippen LogP contribution in [-0.2, 0) is 19.6 Å². The second-order valence-electron chi connectivity index (χ2n) is 7.20. The number of nitrogens with one attached hydrogen (secondary N) is 1. The van der Waals surface area contributed by atoms with Crippen LogP contribution in [0, 0.1) is 5.82 Å². The second-order valence-corrected chi connectivity index (χ2v) is 7.64. The average Bonchev–Trinajstić information content (AvgIpc) is 2.77. The zero-order valence-electron chi connectivity index (χ0n) is 16.6. The van der Waals surface area contributed by atoms with Gasteiger partial charge in [0.25, 0.3) is 0 Å². The van der Waals surface area contributed by atoms with Crippen LogP contribution < -0.4 is 10.1 Å². The van der Waals surface area contributed by atoms with E-state index in [4.69, 9.17) is 16.3 Å². The van der Waals surface area contributed by atoms with Crippen molar-refractivity contribution in [3.05, 3.63) is 112 Å². The maximum absolute atomic E-state index is 13.8. The molecule has 0 aliphatic rings. The SMILES string of the molecule is Fc1ccccc1CCNCc1c(OCc2cccc(Cl)c2)ccc2ccccc12. The summed E-state index contributed by atoms with van der Waals surface area (Å²) in [6, 6.07) is 27.0. The van der Waals surface area contributed by atoms with Gasteiger partial charge in [0.15, 0.2) is 0 Å². The molecule has 0 amide bonds. The predicted octanol–water partition coefficient (Wildman–Crippen LogP) is 6.54. The van der Waals surface area contributed by atoms with E-state index in [2.05, 4.69) is 23.5 Å². The molecule has 0 radical (unpaired) electrons. The van der Waals surface area contributed by atoms with Crippen molar-refractivity contribution < 1.29 is 9.13 Å². The fourth-order valence-electron chi connectivity index (χ4n) is 3.56. The largest absolute Gasteiger partial charge is 0.489 e. The van der Waals surface area contributed by atoms with Crippen LogP contribution in [0.3, 0.4) is 0 Å². The number of benzene rings is 4. The van der Waals surface area contributed by atoms with E-state index in [1.807, 2.05) is 54.6 Å². The Hall–Kier alpha value is -2.88. The van der Waals surface area contributed by atoms with E-state index in [1.54, 1.807) is 6.07 Å². The Morgan fingerprint density at radius 1 is 0.867 bits per heavy atom. The molecule has 4 aromatic rings. The van der Waals surface area contributed by atoms with Gasteiger partial charge in [0.05, 0.1) is 0 Å². The molecule has 0 bridgehead atoms. The molecule has 0 spiro atoms. The standard InChI is InChI=1S/C26H23ClFNO/c27-22-9-5-6-19(16-22)18-30-26-13-12-20-7-1-3-10-23(20)24(26)17-29-15-14-21-8-2-4-11-25(21)28/h1-13,16,29H,14-15,17-18H2. The van der Waals surface area contributed by atoms with Crippen molar-refractivity contribution in [3.63, 3.8) is 0 Å². The highest BCUT2D eigenvalue weighted by molar-refractivity contribution is 6.30. The summed E-state index contributed by atoms with van der Waals surface area (Å²) in [4.78, 5) is 0. The van der Waals surface area contributed by atoms with Gasteiger partial charge >= 0.3 is 0 Å². The lowest BCUT2D eigenvalue weighted by Crippen LogP contribution is -2.18. The van der Waals surface area contributed by atoms with E-state index in [9.17, 15) is 4.39 Å². The Morgan fingerprint density at radius 2 is 1.70 bits per heavy atom. The average molecular weight is 420 g/mol. The number of hydrogen-bond donors (Lipinski definition) is 1. The van der Waals surface area contributed by atoms with Crippen LogP contribution in [0.25, 0.3) is 10.8 Å². The van der Waals surface area contributed by atoms with E-state index >= 15 is 0 Å². The molecule has 30 heavy (non-hydrogen) atoms. The van der Waals surface area contributed by atoms with Crippen LogP contribution in [0.15, 0.2) is 84.9 Å².